The number of aromatic nitrogens is 2. The Labute approximate surface area is 156 Å². The maximum Gasteiger partial charge on any atom is 0.222 e. The van der Waals surface area contributed by atoms with Crippen molar-refractivity contribution in [1.82, 2.24) is 19.8 Å². The lowest BCUT2D eigenvalue weighted by molar-refractivity contribution is 0.106. The first kappa shape index (κ1) is 19.5. The number of aliphatic hydroxyl groups is 2. The SMILES string of the molecule is CCNc1ncc(CN2C[C@@H](CO)[C@@H](CN3CCC(CO)CC3)C2)cn1. The van der Waals surface area contributed by atoms with Crippen molar-refractivity contribution in [3.05, 3.63) is 18.0 Å². The highest BCUT2D eigenvalue weighted by molar-refractivity contribution is 5.24. The van der Waals surface area contributed by atoms with Gasteiger partial charge in [-0.15, -0.1) is 0 Å². The van der Waals surface area contributed by atoms with Crippen molar-refractivity contribution in [2.24, 2.45) is 17.8 Å². The molecule has 3 heterocycles. The van der Waals surface area contributed by atoms with E-state index in [1.165, 1.54) is 0 Å². The van der Waals surface area contributed by atoms with Crippen LogP contribution >= 0.6 is 0 Å². The van der Waals surface area contributed by atoms with Gasteiger partial charge in [-0.2, -0.15) is 0 Å². The van der Waals surface area contributed by atoms with Crippen LogP contribution in [0.15, 0.2) is 12.4 Å². The fourth-order valence-corrected chi connectivity index (χ4v) is 4.21. The standard InChI is InChI=1S/C19H33N5O2/c1-2-20-19-21-7-16(8-22-19)9-24-11-17(18(12-24)14-26)10-23-5-3-15(13-25)4-6-23/h7-8,15,17-18,25-26H,2-6,9-14H2,1H3,(H,20,21,22)/t17-,18-/m0/s1. The van der Waals surface area contributed by atoms with Gasteiger partial charge < -0.3 is 20.4 Å². The second-order valence-corrected chi connectivity index (χ2v) is 7.77. The van der Waals surface area contributed by atoms with Crippen LogP contribution < -0.4 is 5.32 Å². The lowest BCUT2D eigenvalue weighted by atomic mass is 9.93. The van der Waals surface area contributed by atoms with Crippen LogP contribution in [0.1, 0.15) is 25.3 Å². The molecule has 146 valence electrons. The van der Waals surface area contributed by atoms with Gasteiger partial charge in [-0.1, -0.05) is 0 Å². The molecule has 0 saturated carbocycles. The molecule has 2 saturated heterocycles. The summed E-state index contributed by atoms with van der Waals surface area (Å²) in [6, 6.07) is 0. The molecule has 3 N–H and O–H groups in total. The summed E-state index contributed by atoms with van der Waals surface area (Å²) >= 11 is 0. The minimum Gasteiger partial charge on any atom is -0.396 e. The van der Waals surface area contributed by atoms with Gasteiger partial charge in [-0.25, -0.2) is 9.97 Å². The van der Waals surface area contributed by atoms with Crippen LogP contribution in [0.2, 0.25) is 0 Å². The number of hydrogen-bond donors (Lipinski definition) is 3. The first-order valence-electron chi connectivity index (χ1n) is 9.93. The quantitative estimate of drug-likeness (QED) is 0.625. The molecule has 1 aromatic rings. The van der Waals surface area contributed by atoms with Crippen LogP contribution in [-0.2, 0) is 6.54 Å². The molecule has 0 spiro atoms. The molecule has 1 aromatic heterocycles. The molecule has 0 aliphatic carbocycles. The Morgan fingerprint density at radius 1 is 1.04 bits per heavy atom. The summed E-state index contributed by atoms with van der Waals surface area (Å²) in [6.07, 6.45) is 5.97. The summed E-state index contributed by atoms with van der Waals surface area (Å²) in [7, 11) is 0. The second-order valence-electron chi connectivity index (χ2n) is 7.77. The number of nitrogens with one attached hydrogen (secondary N) is 1. The fraction of sp³-hybridized carbons (Fsp3) is 0.789. The highest BCUT2D eigenvalue weighted by Gasteiger charge is 2.34. The lowest BCUT2D eigenvalue weighted by Crippen LogP contribution is -2.40. The molecule has 7 nitrogen and oxygen atoms in total. The van der Waals surface area contributed by atoms with Crippen LogP contribution in [0.4, 0.5) is 5.95 Å². The van der Waals surface area contributed by atoms with E-state index in [9.17, 15) is 10.2 Å². The zero-order valence-corrected chi connectivity index (χ0v) is 15.8. The van der Waals surface area contributed by atoms with Crippen molar-refractivity contribution in [1.29, 1.82) is 0 Å². The van der Waals surface area contributed by atoms with Gasteiger partial charge in [0.25, 0.3) is 0 Å². The molecule has 2 aliphatic rings. The van der Waals surface area contributed by atoms with Crippen molar-refractivity contribution >= 4 is 5.95 Å². The summed E-state index contributed by atoms with van der Waals surface area (Å²) in [6.45, 7) is 9.40. The Morgan fingerprint density at radius 2 is 1.73 bits per heavy atom. The van der Waals surface area contributed by atoms with Gasteiger partial charge in [0.1, 0.15) is 0 Å². The van der Waals surface area contributed by atoms with E-state index in [4.69, 9.17) is 0 Å². The van der Waals surface area contributed by atoms with Crippen LogP contribution in [0, 0.1) is 17.8 Å². The maximum atomic E-state index is 9.81. The van der Waals surface area contributed by atoms with E-state index in [2.05, 4.69) is 25.1 Å². The molecule has 2 aliphatic heterocycles. The largest absolute Gasteiger partial charge is 0.396 e. The van der Waals surface area contributed by atoms with Crippen molar-refractivity contribution in [3.8, 4) is 0 Å². The monoisotopic (exact) mass is 363 g/mol. The predicted octanol–water partition coefficient (Wildman–Crippen LogP) is 0.653. The summed E-state index contributed by atoms with van der Waals surface area (Å²) in [4.78, 5) is 13.6. The number of nitrogens with zero attached hydrogens (tertiary/aromatic N) is 4. The Morgan fingerprint density at radius 3 is 2.35 bits per heavy atom. The third-order valence-corrected chi connectivity index (χ3v) is 5.79. The number of anilines is 1. The molecule has 2 atom stereocenters. The molecule has 0 radical (unpaired) electrons. The first-order chi connectivity index (χ1) is 12.7. The van der Waals surface area contributed by atoms with E-state index in [0.29, 0.717) is 30.3 Å². The van der Waals surface area contributed by atoms with E-state index in [1.54, 1.807) is 0 Å². The van der Waals surface area contributed by atoms with Crippen LogP contribution in [0.5, 0.6) is 0 Å². The average molecular weight is 364 g/mol. The topological polar surface area (TPSA) is 84.8 Å². The molecule has 0 bridgehead atoms. The van der Waals surface area contributed by atoms with Gasteiger partial charge >= 0.3 is 0 Å². The molecule has 7 heteroatoms. The summed E-state index contributed by atoms with van der Waals surface area (Å²) in [5.41, 5.74) is 1.12. The second kappa shape index (κ2) is 9.60. The van der Waals surface area contributed by atoms with Crippen molar-refractivity contribution < 1.29 is 10.2 Å². The first-order valence-corrected chi connectivity index (χ1v) is 9.93. The van der Waals surface area contributed by atoms with Crippen molar-refractivity contribution in [2.75, 3.05) is 57.8 Å². The Balaban J connectivity index is 1.50. The Bertz CT molecular complexity index is 533. The number of likely N-dealkylation sites (tertiary alicyclic amines) is 2. The molecule has 0 unspecified atom stereocenters. The van der Waals surface area contributed by atoms with Crippen LogP contribution in [0.3, 0.4) is 0 Å². The fourth-order valence-electron chi connectivity index (χ4n) is 4.21. The number of hydrogen-bond acceptors (Lipinski definition) is 7. The third kappa shape index (κ3) is 5.13. The van der Waals surface area contributed by atoms with Gasteiger partial charge in [-0.05, 0) is 50.6 Å². The molecule has 3 rings (SSSR count). The minimum absolute atomic E-state index is 0.254. The number of piperidine rings is 1. The van der Waals surface area contributed by atoms with Gasteiger partial charge in [0.15, 0.2) is 0 Å². The Hall–Kier alpha value is -1.28. The molecular formula is C19H33N5O2. The zero-order valence-electron chi connectivity index (χ0n) is 15.8. The zero-order chi connectivity index (χ0) is 18.4. The maximum absolute atomic E-state index is 9.81. The summed E-state index contributed by atoms with van der Waals surface area (Å²) < 4.78 is 0. The van der Waals surface area contributed by atoms with E-state index >= 15 is 0 Å². The van der Waals surface area contributed by atoms with E-state index in [1.807, 2.05) is 19.3 Å². The van der Waals surface area contributed by atoms with Gasteiger partial charge in [0, 0.05) is 63.9 Å². The third-order valence-electron chi connectivity index (χ3n) is 5.79. The van der Waals surface area contributed by atoms with Crippen molar-refractivity contribution in [3.63, 3.8) is 0 Å². The molecule has 0 amide bonds. The van der Waals surface area contributed by atoms with Crippen LogP contribution in [-0.4, -0.2) is 82.5 Å². The van der Waals surface area contributed by atoms with Crippen molar-refractivity contribution in [2.45, 2.75) is 26.3 Å². The highest BCUT2D eigenvalue weighted by Crippen LogP contribution is 2.27. The lowest BCUT2D eigenvalue weighted by Gasteiger charge is -2.33. The van der Waals surface area contributed by atoms with E-state index < -0.39 is 0 Å². The molecular weight excluding hydrogens is 330 g/mol. The summed E-state index contributed by atoms with van der Waals surface area (Å²) in [5.74, 6) is 2.00. The highest BCUT2D eigenvalue weighted by atomic mass is 16.3. The van der Waals surface area contributed by atoms with Gasteiger partial charge in [-0.3, -0.25) is 4.90 Å². The smallest absolute Gasteiger partial charge is 0.222 e. The van der Waals surface area contributed by atoms with Gasteiger partial charge in [0.05, 0.1) is 0 Å². The molecule has 2 fully saturated rings. The normalized spacial score (nSPS) is 25.7. The minimum atomic E-state index is 0.254. The number of aliphatic hydroxyl groups excluding tert-OH is 2. The molecule has 0 aromatic carbocycles. The number of rotatable bonds is 8. The summed E-state index contributed by atoms with van der Waals surface area (Å²) in [5, 5.41) is 22.2. The average Bonchev–Trinajstić information content (AvgIpc) is 3.05. The van der Waals surface area contributed by atoms with E-state index in [-0.39, 0.29) is 6.61 Å². The predicted molar refractivity (Wildman–Crippen MR) is 102 cm³/mol. The van der Waals surface area contributed by atoms with Crippen LogP contribution in [0.25, 0.3) is 0 Å². The Kier molecular flexibility index (Phi) is 7.19. The van der Waals surface area contributed by atoms with E-state index in [0.717, 1.165) is 64.2 Å². The molecule has 26 heavy (non-hydrogen) atoms. The van der Waals surface area contributed by atoms with Gasteiger partial charge in [0.2, 0.25) is 5.95 Å².